The van der Waals surface area contributed by atoms with E-state index in [1.165, 1.54) is 0 Å². The molecule has 0 aliphatic rings. The normalized spacial score (nSPS) is 24.0. The van der Waals surface area contributed by atoms with Gasteiger partial charge in [-0.1, -0.05) is 13.3 Å². The van der Waals surface area contributed by atoms with E-state index >= 15 is 0 Å². The molecule has 0 aromatic rings. The minimum atomic E-state index is -2.18. The summed E-state index contributed by atoms with van der Waals surface area (Å²) in [7, 11) is 0. The molecule has 1 heteroatoms. The van der Waals surface area contributed by atoms with Gasteiger partial charge in [0, 0.05) is 4.11 Å². The summed E-state index contributed by atoms with van der Waals surface area (Å²) in [4.78, 5) is 0. The van der Waals surface area contributed by atoms with Gasteiger partial charge in [0.05, 0.1) is 6.10 Å². The van der Waals surface area contributed by atoms with Gasteiger partial charge in [-0.2, -0.15) is 0 Å². The quantitative estimate of drug-likeness (QED) is 0.540. The van der Waals surface area contributed by atoms with Crippen LogP contribution in [0.4, 0.5) is 0 Å². The van der Waals surface area contributed by atoms with E-state index < -0.39 is 13.0 Å². The van der Waals surface area contributed by atoms with Crippen LogP contribution in [0.3, 0.4) is 0 Å². The van der Waals surface area contributed by atoms with Crippen LogP contribution in [0.15, 0.2) is 0 Å². The van der Waals surface area contributed by atoms with Crippen LogP contribution in [0.2, 0.25) is 0 Å². The van der Waals surface area contributed by atoms with Crippen LogP contribution in [0.1, 0.15) is 30.7 Å². The van der Waals surface area contributed by atoms with Crippen molar-refractivity contribution in [2.75, 3.05) is 0 Å². The largest absolute Gasteiger partial charge is 0.393 e. The zero-order valence-corrected chi connectivity index (χ0v) is 3.94. The van der Waals surface area contributed by atoms with Crippen molar-refractivity contribution in [2.24, 2.45) is 0 Å². The maximum absolute atomic E-state index is 8.82. The van der Waals surface area contributed by atoms with E-state index in [1.54, 1.807) is 0 Å². The van der Waals surface area contributed by atoms with E-state index in [2.05, 4.69) is 0 Å². The molecule has 0 heterocycles. The van der Waals surface area contributed by atoms with Gasteiger partial charge in [-0.05, 0) is 13.3 Å². The van der Waals surface area contributed by atoms with Gasteiger partial charge in [0.15, 0.2) is 0 Å². The minimum Gasteiger partial charge on any atom is -0.393 e. The number of aliphatic hydroxyl groups excluding tert-OH is 1. The highest BCUT2D eigenvalue weighted by molar-refractivity contribution is 4.40. The van der Waals surface area contributed by atoms with Gasteiger partial charge < -0.3 is 5.11 Å². The van der Waals surface area contributed by atoms with E-state index in [9.17, 15) is 0 Å². The summed E-state index contributed by atoms with van der Waals surface area (Å²) in [6.45, 7) is -0.342. The van der Waals surface area contributed by atoms with Gasteiger partial charge in [-0.25, -0.2) is 0 Å². The standard InChI is InChI=1S/C5H12O/c1-3-4-5(2)6/h5-6H,3-4H2,1-2H3/i2D3. The molecule has 0 amide bonds. The predicted octanol–water partition coefficient (Wildman–Crippen LogP) is 1.17. The predicted molar refractivity (Wildman–Crippen MR) is 26.6 cm³/mol. The molecule has 0 rings (SSSR count). The van der Waals surface area contributed by atoms with Crippen molar-refractivity contribution >= 4 is 0 Å². The number of hydrogen-bond acceptors (Lipinski definition) is 1. The zero-order valence-electron chi connectivity index (χ0n) is 6.94. The van der Waals surface area contributed by atoms with Gasteiger partial charge in [-0.3, -0.25) is 0 Å². The molecule has 0 aliphatic carbocycles. The summed E-state index contributed by atoms with van der Waals surface area (Å²) >= 11 is 0. The first kappa shape index (κ1) is 2.31. The number of rotatable bonds is 2. The second-order valence-corrected chi connectivity index (χ2v) is 1.30. The molecule has 0 saturated carbocycles. The second-order valence-electron chi connectivity index (χ2n) is 1.30. The third-order valence-corrected chi connectivity index (χ3v) is 0.562. The average molecular weight is 91.2 g/mol. The average Bonchev–Trinajstić information content (AvgIpc) is 1.64. The highest BCUT2D eigenvalue weighted by Gasteiger charge is 1.87. The van der Waals surface area contributed by atoms with E-state index in [1.807, 2.05) is 6.92 Å². The van der Waals surface area contributed by atoms with E-state index in [4.69, 9.17) is 9.22 Å². The van der Waals surface area contributed by atoms with Gasteiger partial charge >= 0.3 is 0 Å². The van der Waals surface area contributed by atoms with Crippen molar-refractivity contribution in [2.45, 2.75) is 32.7 Å². The Hall–Kier alpha value is -0.0400. The lowest BCUT2D eigenvalue weighted by molar-refractivity contribution is 0.183. The molecule has 0 aliphatic heterocycles. The van der Waals surface area contributed by atoms with Crippen LogP contribution in [-0.2, 0) is 0 Å². The molecule has 1 N–H and O–H groups in total. The zero-order chi connectivity index (χ0) is 7.49. The van der Waals surface area contributed by atoms with Crippen molar-refractivity contribution in [1.82, 2.24) is 0 Å². The fraction of sp³-hybridized carbons (Fsp3) is 1.00. The van der Waals surface area contributed by atoms with Gasteiger partial charge in [0.1, 0.15) is 0 Å². The van der Waals surface area contributed by atoms with Crippen molar-refractivity contribution in [1.29, 1.82) is 0 Å². The molecule has 0 saturated heterocycles. The van der Waals surface area contributed by atoms with E-state index in [-0.39, 0.29) is 0 Å². The number of hydrogen-bond donors (Lipinski definition) is 1. The van der Waals surface area contributed by atoms with Crippen LogP contribution in [-0.4, -0.2) is 11.2 Å². The lowest BCUT2D eigenvalue weighted by Crippen LogP contribution is -1.95. The first-order valence-electron chi connectivity index (χ1n) is 3.66. The molecule has 1 atom stereocenters. The van der Waals surface area contributed by atoms with Gasteiger partial charge in [-0.15, -0.1) is 0 Å². The molecule has 0 bridgehead atoms. The molecule has 6 heavy (non-hydrogen) atoms. The van der Waals surface area contributed by atoms with Crippen molar-refractivity contribution in [3.63, 3.8) is 0 Å². The van der Waals surface area contributed by atoms with Crippen molar-refractivity contribution < 1.29 is 9.22 Å². The first-order chi connectivity index (χ1) is 3.98. The van der Waals surface area contributed by atoms with Crippen LogP contribution in [0, 0.1) is 0 Å². The molecule has 0 radical (unpaired) electrons. The summed E-state index contributed by atoms with van der Waals surface area (Å²) in [6.07, 6.45) is -0.0710. The Morgan fingerprint density at radius 1 is 2.00 bits per heavy atom. The SMILES string of the molecule is [2H]C([2H])([2H])C(O)CCC. The Labute approximate surface area is 43.2 Å². The summed E-state index contributed by atoms with van der Waals surface area (Å²) in [6, 6.07) is 0. The van der Waals surface area contributed by atoms with Crippen LogP contribution >= 0.6 is 0 Å². The Kier molecular flexibility index (Phi) is 1.22. The molecule has 1 unspecified atom stereocenters. The Bertz CT molecular complexity index is 78.8. The highest BCUT2D eigenvalue weighted by Crippen LogP contribution is 1.91. The van der Waals surface area contributed by atoms with Crippen molar-refractivity contribution in [3.8, 4) is 0 Å². The fourth-order valence-electron chi connectivity index (χ4n) is 0.273. The molecule has 0 fully saturated rings. The van der Waals surface area contributed by atoms with E-state index in [0.29, 0.717) is 12.8 Å². The van der Waals surface area contributed by atoms with Crippen LogP contribution in [0.25, 0.3) is 0 Å². The molecule has 0 aromatic carbocycles. The van der Waals surface area contributed by atoms with Gasteiger partial charge in [0.2, 0.25) is 0 Å². The van der Waals surface area contributed by atoms with Gasteiger partial charge in [0.25, 0.3) is 0 Å². The van der Waals surface area contributed by atoms with E-state index in [0.717, 1.165) is 0 Å². The Morgan fingerprint density at radius 3 is 2.83 bits per heavy atom. The lowest BCUT2D eigenvalue weighted by Gasteiger charge is -1.95. The molecular weight excluding hydrogens is 76.1 g/mol. The molecular formula is C5H12O. The lowest BCUT2D eigenvalue weighted by atomic mass is 10.2. The molecule has 0 aromatic heterocycles. The van der Waals surface area contributed by atoms with Crippen molar-refractivity contribution in [3.05, 3.63) is 0 Å². The molecule has 0 spiro atoms. The third kappa shape index (κ3) is 3.96. The molecule has 38 valence electrons. The van der Waals surface area contributed by atoms with Crippen LogP contribution < -0.4 is 0 Å². The summed E-state index contributed by atoms with van der Waals surface area (Å²) < 4.78 is 20.2. The number of aliphatic hydroxyl groups is 1. The Balaban J connectivity index is 3.59. The summed E-state index contributed by atoms with van der Waals surface area (Å²) in [5, 5.41) is 8.82. The topological polar surface area (TPSA) is 20.2 Å². The fourth-order valence-corrected chi connectivity index (χ4v) is 0.273. The maximum atomic E-state index is 8.82. The molecule has 1 nitrogen and oxygen atoms in total. The second kappa shape index (κ2) is 3.16. The first-order valence-corrected chi connectivity index (χ1v) is 2.16. The highest BCUT2D eigenvalue weighted by atomic mass is 16.3. The minimum absolute atomic E-state index is 0.358. The third-order valence-electron chi connectivity index (χ3n) is 0.562. The smallest absolute Gasteiger partial charge is 0.0512 e. The van der Waals surface area contributed by atoms with Crippen LogP contribution in [0.5, 0.6) is 0 Å². The summed E-state index contributed by atoms with van der Waals surface area (Å²) in [5.41, 5.74) is 0. The Morgan fingerprint density at radius 2 is 2.67 bits per heavy atom. The maximum Gasteiger partial charge on any atom is 0.0512 e. The summed E-state index contributed by atoms with van der Waals surface area (Å²) in [5.74, 6) is 0. The monoisotopic (exact) mass is 91.1 g/mol.